The van der Waals surface area contributed by atoms with Gasteiger partial charge < -0.3 is 14.8 Å². The molecule has 1 fully saturated rings. The van der Waals surface area contributed by atoms with Crippen LogP contribution in [0.5, 0.6) is 11.5 Å². The molecule has 0 saturated carbocycles. The molecule has 3 rings (SSSR count). The number of nitrogens with one attached hydrogen (secondary N) is 1. The van der Waals surface area contributed by atoms with Crippen molar-refractivity contribution in [1.29, 1.82) is 0 Å². The van der Waals surface area contributed by atoms with E-state index >= 15 is 0 Å². The molecule has 1 aromatic carbocycles. The van der Waals surface area contributed by atoms with Gasteiger partial charge in [0.25, 0.3) is 0 Å². The predicted octanol–water partition coefficient (Wildman–Crippen LogP) is 2.23. The fourth-order valence-corrected chi connectivity index (χ4v) is 3.42. The van der Waals surface area contributed by atoms with Crippen molar-refractivity contribution in [2.75, 3.05) is 40.4 Å². The highest BCUT2D eigenvalue weighted by molar-refractivity contribution is 7.13. The lowest BCUT2D eigenvalue weighted by Gasteiger charge is -2.26. The van der Waals surface area contributed by atoms with Crippen molar-refractivity contribution in [2.45, 2.75) is 6.54 Å². The third kappa shape index (κ3) is 3.40. The molecule has 1 aliphatic heterocycles. The zero-order chi connectivity index (χ0) is 15.4. The van der Waals surface area contributed by atoms with Gasteiger partial charge in [0, 0.05) is 44.2 Å². The van der Waals surface area contributed by atoms with E-state index in [1.165, 1.54) is 0 Å². The first-order valence-electron chi connectivity index (χ1n) is 7.40. The van der Waals surface area contributed by atoms with Crippen LogP contribution in [0, 0.1) is 0 Å². The minimum atomic E-state index is 0.790. The Hall–Kier alpha value is -1.63. The number of rotatable bonds is 5. The van der Waals surface area contributed by atoms with Crippen LogP contribution >= 0.6 is 11.3 Å². The summed E-state index contributed by atoms with van der Waals surface area (Å²) >= 11 is 1.66. The van der Waals surface area contributed by atoms with Gasteiger partial charge in [0.1, 0.15) is 16.5 Å². The Labute approximate surface area is 134 Å². The van der Waals surface area contributed by atoms with Gasteiger partial charge in [0.05, 0.1) is 25.5 Å². The largest absolute Gasteiger partial charge is 0.497 e. The molecular weight excluding hydrogens is 298 g/mol. The Balaban J connectivity index is 1.78. The number of hydrogen-bond donors (Lipinski definition) is 1. The van der Waals surface area contributed by atoms with Crippen molar-refractivity contribution in [3.8, 4) is 22.1 Å². The van der Waals surface area contributed by atoms with E-state index in [0.29, 0.717) is 0 Å². The highest BCUT2D eigenvalue weighted by Crippen LogP contribution is 2.35. The summed E-state index contributed by atoms with van der Waals surface area (Å²) in [6.07, 6.45) is 0. The lowest BCUT2D eigenvalue weighted by atomic mass is 10.2. The van der Waals surface area contributed by atoms with Crippen LogP contribution < -0.4 is 14.8 Å². The van der Waals surface area contributed by atoms with Crippen LogP contribution in [0.15, 0.2) is 23.6 Å². The average molecular weight is 319 g/mol. The van der Waals surface area contributed by atoms with E-state index in [-0.39, 0.29) is 0 Å². The van der Waals surface area contributed by atoms with Crippen molar-refractivity contribution in [1.82, 2.24) is 15.2 Å². The molecule has 0 atom stereocenters. The smallest absolute Gasteiger partial charge is 0.132 e. The van der Waals surface area contributed by atoms with Gasteiger partial charge in [-0.2, -0.15) is 0 Å². The van der Waals surface area contributed by atoms with E-state index < -0.39 is 0 Å². The van der Waals surface area contributed by atoms with Gasteiger partial charge in [-0.05, 0) is 12.1 Å². The maximum Gasteiger partial charge on any atom is 0.132 e. The van der Waals surface area contributed by atoms with Crippen molar-refractivity contribution >= 4 is 11.3 Å². The molecule has 0 unspecified atom stereocenters. The Morgan fingerprint density at radius 3 is 2.77 bits per heavy atom. The normalized spacial score (nSPS) is 15.7. The maximum atomic E-state index is 5.47. The van der Waals surface area contributed by atoms with E-state index in [1.807, 2.05) is 18.2 Å². The zero-order valence-electron chi connectivity index (χ0n) is 13.0. The summed E-state index contributed by atoms with van der Waals surface area (Å²) in [5.41, 5.74) is 2.14. The molecule has 0 spiro atoms. The SMILES string of the molecule is COc1ccc(-c2nc(CN3CCNCC3)cs2)c(OC)c1. The first-order chi connectivity index (χ1) is 10.8. The van der Waals surface area contributed by atoms with Crippen LogP contribution in [0.3, 0.4) is 0 Å². The first-order valence-corrected chi connectivity index (χ1v) is 8.28. The van der Waals surface area contributed by atoms with Gasteiger partial charge >= 0.3 is 0 Å². The fourth-order valence-electron chi connectivity index (χ4n) is 2.58. The van der Waals surface area contributed by atoms with Crippen LogP contribution in [0.2, 0.25) is 0 Å². The third-order valence-electron chi connectivity index (χ3n) is 3.79. The molecule has 118 valence electrons. The second-order valence-corrected chi connectivity index (χ2v) is 6.09. The number of benzene rings is 1. The second kappa shape index (κ2) is 7.09. The molecule has 1 aromatic heterocycles. The van der Waals surface area contributed by atoms with Crippen LogP contribution in [-0.2, 0) is 6.54 Å². The quantitative estimate of drug-likeness (QED) is 0.916. The molecule has 2 aromatic rings. The van der Waals surface area contributed by atoms with Gasteiger partial charge in [-0.3, -0.25) is 4.90 Å². The molecule has 5 nitrogen and oxygen atoms in total. The van der Waals surface area contributed by atoms with E-state index in [9.17, 15) is 0 Å². The lowest BCUT2D eigenvalue weighted by Crippen LogP contribution is -2.42. The molecule has 0 radical (unpaired) electrons. The number of ether oxygens (including phenoxy) is 2. The standard InChI is InChI=1S/C16H21N3O2S/c1-20-13-3-4-14(15(9-13)21-2)16-18-12(11-22-16)10-19-7-5-17-6-8-19/h3-4,9,11,17H,5-8,10H2,1-2H3. The lowest BCUT2D eigenvalue weighted by molar-refractivity contribution is 0.231. The third-order valence-corrected chi connectivity index (χ3v) is 4.71. The summed E-state index contributed by atoms with van der Waals surface area (Å²) in [5.74, 6) is 1.58. The molecule has 1 N–H and O–H groups in total. The Kier molecular flexibility index (Phi) is 4.92. The molecule has 0 amide bonds. The van der Waals surface area contributed by atoms with Gasteiger partial charge in [-0.1, -0.05) is 0 Å². The summed E-state index contributed by atoms with van der Waals surface area (Å²) in [4.78, 5) is 7.21. The number of hydrogen-bond acceptors (Lipinski definition) is 6. The van der Waals surface area contributed by atoms with Crippen molar-refractivity contribution in [3.05, 3.63) is 29.3 Å². The second-order valence-electron chi connectivity index (χ2n) is 5.24. The highest BCUT2D eigenvalue weighted by atomic mass is 32.1. The average Bonchev–Trinajstić information content (AvgIpc) is 3.03. The molecule has 0 aliphatic carbocycles. The molecule has 6 heteroatoms. The zero-order valence-corrected chi connectivity index (χ0v) is 13.8. The van der Waals surface area contributed by atoms with Crippen molar-refractivity contribution < 1.29 is 9.47 Å². The predicted molar refractivity (Wildman–Crippen MR) is 88.8 cm³/mol. The highest BCUT2D eigenvalue weighted by Gasteiger charge is 2.14. The van der Waals surface area contributed by atoms with E-state index in [2.05, 4.69) is 15.6 Å². The number of thiazole rings is 1. The number of piperazine rings is 1. The van der Waals surface area contributed by atoms with E-state index in [0.717, 1.165) is 60.5 Å². The summed E-state index contributed by atoms with van der Waals surface area (Å²) in [6, 6.07) is 5.84. The monoisotopic (exact) mass is 319 g/mol. The molecule has 1 saturated heterocycles. The Bertz CT molecular complexity index is 624. The minimum absolute atomic E-state index is 0.790. The maximum absolute atomic E-state index is 5.47. The summed E-state index contributed by atoms with van der Waals surface area (Å²) in [7, 11) is 3.33. The van der Waals surface area contributed by atoms with Crippen LogP contribution in [0.25, 0.3) is 10.6 Å². The van der Waals surface area contributed by atoms with Crippen LogP contribution in [0.4, 0.5) is 0 Å². The molecular formula is C16H21N3O2S. The van der Waals surface area contributed by atoms with Crippen molar-refractivity contribution in [2.24, 2.45) is 0 Å². The molecule has 22 heavy (non-hydrogen) atoms. The topological polar surface area (TPSA) is 46.6 Å². The van der Waals surface area contributed by atoms with Crippen molar-refractivity contribution in [3.63, 3.8) is 0 Å². The summed E-state index contributed by atoms with van der Waals surface area (Å²) < 4.78 is 10.7. The van der Waals surface area contributed by atoms with Crippen LogP contribution in [0.1, 0.15) is 5.69 Å². The number of nitrogens with zero attached hydrogens (tertiary/aromatic N) is 2. The van der Waals surface area contributed by atoms with Crippen LogP contribution in [-0.4, -0.2) is 50.3 Å². The van der Waals surface area contributed by atoms with Gasteiger partial charge in [-0.25, -0.2) is 4.98 Å². The van der Waals surface area contributed by atoms with Gasteiger partial charge in [0.2, 0.25) is 0 Å². The van der Waals surface area contributed by atoms with E-state index in [4.69, 9.17) is 14.5 Å². The number of aromatic nitrogens is 1. The van der Waals surface area contributed by atoms with E-state index in [1.54, 1.807) is 25.6 Å². The molecule has 0 bridgehead atoms. The first kappa shape index (κ1) is 15.3. The fraction of sp³-hybridized carbons (Fsp3) is 0.438. The summed E-state index contributed by atoms with van der Waals surface area (Å²) in [5, 5.41) is 6.50. The molecule has 1 aliphatic rings. The molecule has 2 heterocycles. The number of methoxy groups -OCH3 is 2. The Morgan fingerprint density at radius 1 is 1.23 bits per heavy atom. The minimum Gasteiger partial charge on any atom is -0.497 e. The Morgan fingerprint density at radius 2 is 2.05 bits per heavy atom. The van der Waals surface area contributed by atoms with Gasteiger partial charge in [0.15, 0.2) is 0 Å². The summed E-state index contributed by atoms with van der Waals surface area (Å²) in [6.45, 7) is 5.20. The van der Waals surface area contributed by atoms with Gasteiger partial charge in [-0.15, -0.1) is 11.3 Å².